The van der Waals surface area contributed by atoms with E-state index in [-0.39, 0.29) is 6.23 Å². The molecule has 0 saturated carbocycles. The van der Waals surface area contributed by atoms with Crippen LogP contribution in [0.5, 0.6) is 0 Å². The third-order valence-corrected chi connectivity index (χ3v) is 1.87. The summed E-state index contributed by atoms with van der Waals surface area (Å²) in [7, 11) is 1.90. The number of nitrogens with zero attached hydrogens (tertiary/aromatic N) is 1. The van der Waals surface area contributed by atoms with Crippen LogP contribution in [-0.4, -0.2) is 29.8 Å². The minimum atomic E-state index is -0.365. The zero-order valence-electron chi connectivity index (χ0n) is 8.90. The summed E-state index contributed by atoms with van der Waals surface area (Å²) in [6.45, 7) is 4.70. The summed E-state index contributed by atoms with van der Waals surface area (Å²) in [5.74, 6) is 0. The molecule has 0 fully saturated rings. The fourth-order valence-electron chi connectivity index (χ4n) is 0.831. The highest BCUT2D eigenvalue weighted by molar-refractivity contribution is 4.93. The summed E-state index contributed by atoms with van der Waals surface area (Å²) in [5, 5.41) is 9.14. The highest BCUT2D eigenvalue weighted by atomic mass is 16.3. The lowest BCUT2D eigenvalue weighted by Gasteiger charge is -2.17. The van der Waals surface area contributed by atoms with Gasteiger partial charge in [-0.2, -0.15) is 0 Å². The molecule has 0 heterocycles. The van der Waals surface area contributed by atoms with Crippen LogP contribution in [-0.2, 0) is 0 Å². The van der Waals surface area contributed by atoms with Gasteiger partial charge in [0.1, 0.15) is 6.23 Å². The molecule has 1 N–H and O–H groups in total. The van der Waals surface area contributed by atoms with E-state index in [9.17, 15) is 0 Å². The fourth-order valence-corrected chi connectivity index (χ4v) is 0.831. The first kappa shape index (κ1) is 12.4. The largest absolute Gasteiger partial charge is 0.379 e. The van der Waals surface area contributed by atoms with Gasteiger partial charge in [-0.25, -0.2) is 0 Å². The molecule has 0 aromatic carbocycles. The number of hydrogen-bond acceptors (Lipinski definition) is 2. The Balaban J connectivity index is 3.46. The molecule has 0 aliphatic rings. The second kappa shape index (κ2) is 8.02. The molecule has 0 radical (unpaired) electrons. The van der Waals surface area contributed by atoms with Crippen molar-refractivity contribution in [3.63, 3.8) is 0 Å². The summed E-state index contributed by atoms with van der Waals surface area (Å²) in [5.41, 5.74) is 0. The van der Waals surface area contributed by atoms with Crippen molar-refractivity contribution in [2.24, 2.45) is 0 Å². The lowest BCUT2D eigenvalue weighted by molar-refractivity contribution is 0.0469. The van der Waals surface area contributed by atoms with Gasteiger partial charge in [-0.05, 0) is 26.8 Å². The second-order valence-electron chi connectivity index (χ2n) is 3.16. The number of aliphatic hydroxyl groups is 1. The van der Waals surface area contributed by atoms with Crippen molar-refractivity contribution in [1.82, 2.24) is 4.90 Å². The molecule has 1 atom stereocenters. The fraction of sp³-hybridized carbons (Fsp3) is 0.636. The van der Waals surface area contributed by atoms with Crippen LogP contribution >= 0.6 is 0 Å². The maximum absolute atomic E-state index is 9.14. The molecule has 0 rings (SSSR count). The van der Waals surface area contributed by atoms with Crippen LogP contribution in [0.3, 0.4) is 0 Å². The van der Waals surface area contributed by atoms with Crippen molar-refractivity contribution in [3.8, 4) is 0 Å². The van der Waals surface area contributed by atoms with Gasteiger partial charge < -0.3 is 5.11 Å². The molecule has 2 nitrogen and oxygen atoms in total. The van der Waals surface area contributed by atoms with Gasteiger partial charge in [-0.3, -0.25) is 4.90 Å². The normalized spacial score (nSPS) is 14.8. The zero-order valence-corrected chi connectivity index (χ0v) is 8.90. The summed E-state index contributed by atoms with van der Waals surface area (Å²) >= 11 is 0. The van der Waals surface area contributed by atoms with Gasteiger partial charge in [0, 0.05) is 6.54 Å². The number of rotatable bonds is 6. The molecule has 0 amide bonds. The summed E-state index contributed by atoms with van der Waals surface area (Å²) in [6, 6.07) is 0. The molecular formula is C11H21NO. The Morgan fingerprint density at radius 1 is 1.23 bits per heavy atom. The number of hydrogen-bond donors (Lipinski definition) is 1. The molecule has 0 aliphatic heterocycles. The molecule has 0 aromatic rings. The van der Waals surface area contributed by atoms with Gasteiger partial charge in [0.05, 0.1) is 0 Å². The minimum absolute atomic E-state index is 0.365. The Bertz CT molecular complexity index is 161. The topological polar surface area (TPSA) is 23.5 Å². The molecular weight excluding hydrogens is 162 g/mol. The highest BCUT2D eigenvalue weighted by Gasteiger charge is 1.99. The number of aliphatic hydroxyl groups excluding tert-OH is 1. The van der Waals surface area contributed by atoms with E-state index >= 15 is 0 Å². The first-order valence-corrected chi connectivity index (χ1v) is 4.86. The van der Waals surface area contributed by atoms with E-state index in [0.717, 1.165) is 19.4 Å². The van der Waals surface area contributed by atoms with Crippen molar-refractivity contribution in [2.75, 3.05) is 13.6 Å². The van der Waals surface area contributed by atoms with Gasteiger partial charge in [0.15, 0.2) is 0 Å². The highest BCUT2D eigenvalue weighted by Crippen LogP contribution is 1.92. The van der Waals surface area contributed by atoms with Gasteiger partial charge in [0.25, 0.3) is 0 Å². The molecule has 0 aromatic heterocycles. The van der Waals surface area contributed by atoms with E-state index in [4.69, 9.17) is 5.11 Å². The smallest absolute Gasteiger partial charge is 0.104 e. The van der Waals surface area contributed by atoms with E-state index in [1.807, 2.05) is 11.9 Å². The van der Waals surface area contributed by atoms with E-state index in [2.05, 4.69) is 31.2 Å². The average Bonchev–Trinajstić information content (AvgIpc) is 2.10. The van der Waals surface area contributed by atoms with Crippen LogP contribution in [0.4, 0.5) is 0 Å². The second-order valence-corrected chi connectivity index (χ2v) is 3.16. The molecule has 76 valence electrons. The van der Waals surface area contributed by atoms with Crippen molar-refractivity contribution >= 4 is 0 Å². The van der Waals surface area contributed by atoms with Crippen LogP contribution in [0.2, 0.25) is 0 Å². The maximum atomic E-state index is 9.14. The molecule has 2 heteroatoms. The third kappa shape index (κ3) is 7.75. The first-order chi connectivity index (χ1) is 6.18. The van der Waals surface area contributed by atoms with Gasteiger partial charge in [-0.15, -0.1) is 0 Å². The molecule has 1 unspecified atom stereocenters. The predicted molar refractivity (Wildman–Crippen MR) is 57.5 cm³/mol. The summed E-state index contributed by atoms with van der Waals surface area (Å²) < 4.78 is 0. The summed E-state index contributed by atoms with van der Waals surface area (Å²) in [6.07, 6.45) is 10.2. The van der Waals surface area contributed by atoms with Crippen molar-refractivity contribution in [2.45, 2.75) is 32.9 Å². The number of likely N-dealkylation sites (N-methyl/N-ethyl adjacent to an activating group) is 1. The quantitative estimate of drug-likeness (QED) is 0.504. The predicted octanol–water partition coefficient (Wildman–Crippen LogP) is 2.17. The first-order valence-electron chi connectivity index (χ1n) is 4.86. The standard InChI is InChI=1S/C11H21NO/c1-4-5-6-7-8-9-10-12(3)11(2)13/h5-6,8-9,11,13H,4,7,10H2,1-3H3/b6-5+,9-8+. The molecule has 13 heavy (non-hydrogen) atoms. The van der Waals surface area contributed by atoms with Crippen LogP contribution in [0, 0.1) is 0 Å². The molecule has 0 aliphatic carbocycles. The van der Waals surface area contributed by atoms with Crippen LogP contribution in [0.25, 0.3) is 0 Å². The number of allylic oxidation sites excluding steroid dienone is 3. The lowest BCUT2D eigenvalue weighted by atomic mass is 10.3. The van der Waals surface area contributed by atoms with Gasteiger partial charge in [0.2, 0.25) is 0 Å². The molecule has 0 bridgehead atoms. The minimum Gasteiger partial charge on any atom is -0.379 e. The molecule has 0 spiro atoms. The third-order valence-electron chi connectivity index (χ3n) is 1.87. The maximum Gasteiger partial charge on any atom is 0.104 e. The van der Waals surface area contributed by atoms with Gasteiger partial charge >= 0.3 is 0 Å². The lowest BCUT2D eigenvalue weighted by Crippen LogP contribution is -2.28. The Morgan fingerprint density at radius 3 is 2.38 bits per heavy atom. The van der Waals surface area contributed by atoms with Crippen molar-refractivity contribution < 1.29 is 5.11 Å². The van der Waals surface area contributed by atoms with Crippen molar-refractivity contribution in [1.29, 1.82) is 0 Å². The van der Waals surface area contributed by atoms with Crippen LogP contribution in [0.15, 0.2) is 24.3 Å². The Morgan fingerprint density at radius 2 is 1.85 bits per heavy atom. The Kier molecular flexibility index (Phi) is 7.65. The van der Waals surface area contributed by atoms with E-state index in [0.29, 0.717) is 0 Å². The van der Waals surface area contributed by atoms with E-state index in [1.165, 1.54) is 0 Å². The Labute approximate surface area is 81.6 Å². The van der Waals surface area contributed by atoms with Crippen molar-refractivity contribution in [3.05, 3.63) is 24.3 Å². The van der Waals surface area contributed by atoms with E-state index in [1.54, 1.807) is 6.92 Å². The van der Waals surface area contributed by atoms with Gasteiger partial charge in [-0.1, -0.05) is 31.2 Å². The van der Waals surface area contributed by atoms with E-state index < -0.39 is 0 Å². The average molecular weight is 183 g/mol. The zero-order chi connectivity index (χ0) is 10.1. The Hall–Kier alpha value is -0.600. The molecule has 0 saturated heterocycles. The SMILES string of the molecule is CC/C=C/C/C=C/CN(C)C(C)O. The van der Waals surface area contributed by atoms with Crippen LogP contribution in [0.1, 0.15) is 26.7 Å². The monoisotopic (exact) mass is 183 g/mol. The van der Waals surface area contributed by atoms with Crippen LogP contribution < -0.4 is 0 Å². The summed E-state index contributed by atoms with van der Waals surface area (Å²) in [4.78, 5) is 1.88.